The number of thioether (sulfide) groups is 1. The van der Waals surface area contributed by atoms with E-state index in [2.05, 4.69) is 51.7 Å². The summed E-state index contributed by atoms with van der Waals surface area (Å²) in [5.74, 6) is 2.21. The van der Waals surface area contributed by atoms with Crippen molar-refractivity contribution in [2.75, 3.05) is 13.1 Å². The van der Waals surface area contributed by atoms with Gasteiger partial charge in [0.15, 0.2) is 0 Å². The van der Waals surface area contributed by atoms with Crippen LogP contribution in [-0.2, 0) is 18.8 Å². The van der Waals surface area contributed by atoms with Gasteiger partial charge in [-0.3, -0.25) is 0 Å². The Bertz CT molecular complexity index is 535. The highest BCUT2D eigenvalue weighted by atomic mass is 32.2. The zero-order valence-electron chi connectivity index (χ0n) is 12.7. The van der Waals surface area contributed by atoms with Gasteiger partial charge in [-0.15, -0.1) is 5.10 Å². The summed E-state index contributed by atoms with van der Waals surface area (Å²) in [6, 6.07) is 0. The van der Waals surface area contributed by atoms with Gasteiger partial charge in [0.25, 0.3) is 0 Å². The summed E-state index contributed by atoms with van der Waals surface area (Å²) in [5, 5.41) is 20.2. The highest BCUT2D eigenvalue weighted by Crippen LogP contribution is 2.18. The van der Waals surface area contributed by atoms with Gasteiger partial charge < -0.3 is 5.32 Å². The molecule has 2 heterocycles. The summed E-state index contributed by atoms with van der Waals surface area (Å²) in [5.41, 5.74) is 0. The monoisotopic (exact) mass is 310 g/mol. The van der Waals surface area contributed by atoms with E-state index in [0.717, 1.165) is 37.2 Å². The Kier molecular flexibility index (Phi) is 6.12. The van der Waals surface area contributed by atoms with Crippen molar-refractivity contribution < 1.29 is 0 Å². The van der Waals surface area contributed by atoms with Gasteiger partial charge in [0.1, 0.15) is 12.2 Å². The van der Waals surface area contributed by atoms with Crippen LogP contribution in [0.1, 0.15) is 26.6 Å². The molecular weight excluding hydrogens is 288 g/mol. The quantitative estimate of drug-likeness (QED) is 0.542. The minimum Gasteiger partial charge on any atom is -0.315 e. The van der Waals surface area contributed by atoms with Crippen LogP contribution in [0, 0.1) is 5.92 Å². The molecule has 0 bridgehead atoms. The van der Waals surface area contributed by atoms with Crippen molar-refractivity contribution in [3.63, 3.8) is 0 Å². The van der Waals surface area contributed by atoms with Gasteiger partial charge in [0.05, 0.1) is 12.3 Å². The number of hydrogen-bond acceptors (Lipinski definition) is 7. The lowest BCUT2D eigenvalue weighted by atomic mass is 10.2. The summed E-state index contributed by atoms with van der Waals surface area (Å²) in [4.78, 5) is 4.31. The third kappa shape index (κ3) is 4.78. The van der Waals surface area contributed by atoms with Crippen LogP contribution >= 0.6 is 11.8 Å². The molecule has 8 nitrogen and oxygen atoms in total. The van der Waals surface area contributed by atoms with Crippen LogP contribution < -0.4 is 5.32 Å². The fourth-order valence-electron chi connectivity index (χ4n) is 1.83. The van der Waals surface area contributed by atoms with E-state index in [1.54, 1.807) is 18.1 Å². The molecular formula is C12H22N8S. The molecule has 0 aliphatic rings. The second-order valence-electron chi connectivity index (χ2n) is 5.08. The number of hydrogen-bond donors (Lipinski definition) is 1. The molecule has 2 rings (SSSR count). The van der Waals surface area contributed by atoms with Gasteiger partial charge in [-0.1, -0.05) is 32.5 Å². The maximum absolute atomic E-state index is 4.31. The summed E-state index contributed by atoms with van der Waals surface area (Å²) < 4.78 is 3.76. The van der Waals surface area contributed by atoms with Crippen molar-refractivity contribution in [2.45, 2.75) is 44.8 Å². The SMILES string of the molecule is CCNCCn1nnnc1SCc1ncnn1CC(C)C. The third-order valence-electron chi connectivity index (χ3n) is 2.81. The first-order valence-electron chi connectivity index (χ1n) is 7.17. The predicted molar refractivity (Wildman–Crippen MR) is 80.8 cm³/mol. The standard InChI is InChI=1S/C12H22N8S/c1-4-13-5-6-19-12(16-17-18-19)21-8-11-14-9-15-20(11)7-10(2)3/h9-10,13H,4-8H2,1-3H3. The van der Waals surface area contributed by atoms with Crippen molar-refractivity contribution in [3.05, 3.63) is 12.2 Å². The van der Waals surface area contributed by atoms with Gasteiger partial charge in [0.2, 0.25) is 5.16 Å². The maximum atomic E-state index is 4.31. The van der Waals surface area contributed by atoms with Gasteiger partial charge in [-0.25, -0.2) is 14.3 Å². The molecule has 0 saturated heterocycles. The Morgan fingerprint density at radius 1 is 1.33 bits per heavy atom. The van der Waals surface area contributed by atoms with E-state index >= 15 is 0 Å². The van der Waals surface area contributed by atoms with E-state index in [9.17, 15) is 0 Å². The minimum absolute atomic E-state index is 0.542. The molecule has 0 aromatic carbocycles. The Balaban J connectivity index is 1.91. The van der Waals surface area contributed by atoms with Crippen LogP contribution in [0.25, 0.3) is 0 Å². The van der Waals surface area contributed by atoms with Crippen LogP contribution in [0.2, 0.25) is 0 Å². The first-order chi connectivity index (χ1) is 10.2. The van der Waals surface area contributed by atoms with Crippen LogP contribution in [0.15, 0.2) is 11.5 Å². The van der Waals surface area contributed by atoms with Crippen molar-refractivity contribution in [1.82, 2.24) is 40.3 Å². The molecule has 0 spiro atoms. The molecule has 0 atom stereocenters. The van der Waals surface area contributed by atoms with Gasteiger partial charge in [-0.05, 0) is 22.9 Å². The molecule has 116 valence electrons. The maximum Gasteiger partial charge on any atom is 0.209 e. The van der Waals surface area contributed by atoms with Crippen molar-refractivity contribution in [2.24, 2.45) is 5.92 Å². The van der Waals surface area contributed by atoms with Crippen molar-refractivity contribution >= 4 is 11.8 Å². The number of nitrogens with zero attached hydrogens (tertiary/aromatic N) is 7. The molecule has 0 aliphatic carbocycles. The average molecular weight is 310 g/mol. The van der Waals surface area contributed by atoms with E-state index < -0.39 is 0 Å². The molecule has 9 heteroatoms. The summed E-state index contributed by atoms with van der Waals surface area (Å²) in [6.07, 6.45) is 1.60. The molecule has 0 saturated carbocycles. The second-order valence-corrected chi connectivity index (χ2v) is 6.02. The number of rotatable bonds is 9. The fourth-order valence-corrected chi connectivity index (χ4v) is 2.68. The van der Waals surface area contributed by atoms with E-state index in [-0.39, 0.29) is 0 Å². The molecule has 0 amide bonds. The molecule has 1 N–H and O–H groups in total. The Labute approximate surface area is 128 Å². The normalized spacial score (nSPS) is 11.4. The molecule has 0 radical (unpaired) electrons. The van der Waals surface area contributed by atoms with Crippen LogP contribution in [0.4, 0.5) is 0 Å². The second kappa shape index (κ2) is 8.08. The largest absolute Gasteiger partial charge is 0.315 e. The summed E-state index contributed by atoms with van der Waals surface area (Å²) >= 11 is 1.59. The van der Waals surface area contributed by atoms with Crippen LogP contribution in [0.3, 0.4) is 0 Å². The number of nitrogens with one attached hydrogen (secondary N) is 1. The van der Waals surface area contributed by atoms with Gasteiger partial charge in [-0.2, -0.15) is 5.10 Å². The molecule has 2 aromatic heterocycles. The third-order valence-corrected chi connectivity index (χ3v) is 3.77. The lowest BCUT2D eigenvalue weighted by Crippen LogP contribution is -2.20. The van der Waals surface area contributed by atoms with E-state index in [4.69, 9.17) is 0 Å². The van der Waals surface area contributed by atoms with Crippen LogP contribution in [0.5, 0.6) is 0 Å². The highest BCUT2D eigenvalue weighted by molar-refractivity contribution is 7.98. The lowest BCUT2D eigenvalue weighted by molar-refractivity contribution is 0.471. The van der Waals surface area contributed by atoms with Crippen LogP contribution in [-0.4, -0.2) is 48.1 Å². The fraction of sp³-hybridized carbons (Fsp3) is 0.750. The molecule has 0 fully saturated rings. The smallest absolute Gasteiger partial charge is 0.209 e. The minimum atomic E-state index is 0.542. The first-order valence-corrected chi connectivity index (χ1v) is 8.15. The summed E-state index contributed by atoms with van der Waals surface area (Å²) in [6.45, 7) is 9.86. The zero-order chi connectivity index (χ0) is 15.1. The topological polar surface area (TPSA) is 86.3 Å². The average Bonchev–Trinajstić information content (AvgIpc) is 3.05. The molecule has 0 unspecified atom stereocenters. The molecule has 21 heavy (non-hydrogen) atoms. The molecule has 2 aromatic rings. The number of likely N-dealkylation sites (N-methyl/N-ethyl adjacent to an activating group) is 1. The van der Waals surface area contributed by atoms with Gasteiger partial charge in [0, 0.05) is 13.1 Å². The Morgan fingerprint density at radius 3 is 2.95 bits per heavy atom. The summed E-state index contributed by atoms with van der Waals surface area (Å²) in [7, 11) is 0. The van der Waals surface area contributed by atoms with Crippen molar-refractivity contribution in [1.29, 1.82) is 0 Å². The van der Waals surface area contributed by atoms with Gasteiger partial charge >= 0.3 is 0 Å². The lowest BCUT2D eigenvalue weighted by Gasteiger charge is -2.08. The highest BCUT2D eigenvalue weighted by Gasteiger charge is 2.11. The number of tetrazole rings is 1. The molecule has 0 aliphatic heterocycles. The van der Waals surface area contributed by atoms with E-state index in [0.29, 0.717) is 11.7 Å². The van der Waals surface area contributed by atoms with E-state index in [1.807, 2.05) is 9.36 Å². The predicted octanol–water partition coefficient (Wildman–Crippen LogP) is 0.822. The van der Waals surface area contributed by atoms with E-state index in [1.165, 1.54) is 0 Å². The zero-order valence-corrected chi connectivity index (χ0v) is 13.5. The number of aromatic nitrogens is 7. The Morgan fingerprint density at radius 2 is 2.19 bits per heavy atom. The van der Waals surface area contributed by atoms with Crippen molar-refractivity contribution in [3.8, 4) is 0 Å². The Hall–Kier alpha value is -1.48. The first kappa shape index (κ1) is 15.9.